The van der Waals surface area contributed by atoms with Crippen molar-refractivity contribution in [2.75, 3.05) is 6.61 Å². The Morgan fingerprint density at radius 1 is 1.37 bits per heavy atom. The van der Waals surface area contributed by atoms with E-state index >= 15 is 0 Å². The predicted octanol–water partition coefficient (Wildman–Crippen LogP) is 2.70. The first kappa shape index (κ1) is 14.8. The van der Waals surface area contributed by atoms with Gasteiger partial charge in [-0.05, 0) is 38.0 Å². The Labute approximate surface area is 119 Å². The van der Waals surface area contributed by atoms with E-state index in [1.54, 1.807) is 0 Å². The van der Waals surface area contributed by atoms with Gasteiger partial charge >= 0.3 is 0 Å². The molecule has 1 aromatic rings. The maximum absolute atomic E-state index is 9.12. The maximum atomic E-state index is 9.12. The van der Waals surface area contributed by atoms with Crippen LogP contribution in [0.2, 0.25) is 5.02 Å². The van der Waals surface area contributed by atoms with E-state index in [0.717, 1.165) is 48.5 Å². The Morgan fingerprint density at radius 3 is 2.58 bits per heavy atom. The molecule has 108 valence electrons. The van der Waals surface area contributed by atoms with Gasteiger partial charge in [0.2, 0.25) is 0 Å². The smallest absolute Gasteiger partial charge is 0.0903 e. The fourth-order valence-electron chi connectivity index (χ4n) is 2.65. The second-order valence-electron chi connectivity index (χ2n) is 5.32. The first-order valence-electron chi connectivity index (χ1n) is 7.08. The van der Waals surface area contributed by atoms with Crippen LogP contribution in [0.1, 0.15) is 44.0 Å². The third kappa shape index (κ3) is 3.50. The van der Waals surface area contributed by atoms with Crippen molar-refractivity contribution >= 4 is 11.6 Å². The van der Waals surface area contributed by atoms with Gasteiger partial charge in [0, 0.05) is 13.7 Å². The van der Waals surface area contributed by atoms with Gasteiger partial charge in [-0.3, -0.25) is 4.68 Å². The summed E-state index contributed by atoms with van der Waals surface area (Å²) >= 11 is 6.30. The molecule has 4 nitrogen and oxygen atoms in total. The lowest BCUT2D eigenvalue weighted by Crippen LogP contribution is -2.23. The molecule has 0 radical (unpaired) electrons. The lowest BCUT2D eigenvalue weighted by Gasteiger charge is -2.27. The zero-order valence-corrected chi connectivity index (χ0v) is 12.5. The van der Waals surface area contributed by atoms with Gasteiger partial charge in [0.1, 0.15) is 0 Å². The van der Waals surface area contributed by atoms with Crippen molar-refractivity contribution in [2.24, 2.45) is 13.0 Å². The molecule has 1 aliphatic carbocycles. The molecule has 0 amide bonds. The standard InChI is InChI=1S/C14H23ClN2O2/c1-3-12-14(15)13(17(2)16-12)9-19-11-6-4-10(8-18)5-7-11/h10-11,18H,3-9H2,1-2H3. The van der Waals surface area contributed by atoms with Crippen LogP contribution in [-0.4, -0.2) is 27.6 Å². The van der Waals surface area contributed by atoms with Gasteiger partial charge in [-0.1, -0.05) is 18.5 Å². The highest BCUT2D eigenvalue weighted by Crippen LogP contribution is 2.28. The van der Waals surface area contributed by atoms with Gasteiger partial charge in [-0.15, -0.1) is 0 Å². The number of aromatic nitrogens is 2. The molecular formula is C14H23ClN2O2. The van der Waals surface area contributed by atoms with Crippen LogP contribution in [0.25, 0.3) is 0 Å². The van der Waals surface area contributed by atoms with E-state index in [-0.39, 0.29) is 0 Å². The van der Waals surface area contributed by atoms with Gasteiger partial charge < -0.3 is 9.84 Å². The molecule has 1 fully saturated rings. The number of aryl methyl sites for hydroxylation is 2. The number of rotatable bonds is 5. The molecule has 1 aliphatic rings. The second kappa shape index (κ2) is 6.73. The quantitative estimate of drug-likeness (QED) is 0.905. The van der Waals surface area contributed by atoms with E-state index in [1.807, 2.05) is 11.7 Å². The van der Waals surface area contributed by atoms with Crippen LogP contribution < -0.4 is 0 Å². The fourth-order valence-corrected chi connectivity index (χ4v) is 3.00. The molecule has 1 aromatic heterocycles. The molecule has 0 unspecified atom stereocenters. The van der Waals surface area contributed by atoms with Crippen LogP contribution in [-0.2, 0) is 24.8 Å². The molecule has 1 saturated carbocycles. The minimum absolute atomic E-state index is 0.291. The Bertz CT molecular complexity index is 412. The first-order valence-corrected chi connectivity index (χ1v) is 7.46. The minimum atomic E-state index is 0.291. The van der Waals surface area contributed by atoms with Crippen LogP contribution >= 0.6 is 11.6 Å². The molecule has 0 atom stereocenters. The summed E-state index contributed by atoms with van der Waals surface area (Å²) in [5.74, 6) is 0.465. The van der Waals surface area contributed by atoms with Crippen LogP contribution in [0.5, 0.6) is 0 Å². The lowest BCUT2D eigenvalue weighted by atomic mass is 9.88. The van der Waals surface area contributed by atoms with Crippen LogP contribution in [0.15, 0.2) is 0 Å². The highest BCUT2D eigenvalue weighted by molar-refractivity contribution is 6.31. The lowest BCUT2D eigenvalue weighted by molar-refractivity contribution is -0.00125. The van der Waals surface area contributed by atoms with Crippen molar-refractivity contribution in [3.05, 3.63) is 16.4 Å². The average molecular weight is 287 g/mol. The van der Waals surface area contributed by atoms with Crippen LogP contribution in [0.3, 0.4) is 0 Å². The van der Waals surface area contributed by atoms with Crippen molar-refractivity contribution in [3.63, 3.8) is 0 Å². The number of aliphatic hydroxyl groups excluding tert-OH is 1. The summed E-state index contributed by atoms with van der Waals surface area (Å²) in [6.07, 6.45) is 5.30. The summed E-state index contributed by atoms with van der Waals surface area (Å²) < 4.78 is 7.77. The van der Waals surface area contributed by atoms with Gasteiger partial charge in [0.25, 0.3) is 0 Å². The van der Waals surface area contributed by atoms with Crippen molar-refractivity contribution < 1.29 is 9.84 Å². The second-order valence-corrected chi connectivity index (χ2v) is 5.70. The number of nitrogens with zero attached hydrogens (tertiary/aromatic N) is 2. The normalized spacial score (nSPS) is 23.8. The Morgan fingerprint density at radius 2 is 2.05 bits per heavy atom. The molecule has 0 spiro atoms. The number of hydrogen-bond acceptors (Lipinski definition) is 3. The zero-order valence-electron chi connectivity index (χ0n) is 11.7. The molecule has 19 heavy (non-hydrogen) atoms. The molecular weight excluding hydrogens is 264 g/mol. The van der Waals surface area contributed by atoms with Crippen molar-refractivity contribution in [3.8, 4) is 0 Å². The molecule has 2 rings (SSSR count). The van der Waals surface area contributed by atoms with Gasteiger partial charge in [0.15, 0.2) is 0 Å². The average Bonchev–Trinajstić information content (AvgIpc) is 2.72. The van der Waals surface area contributed by atoms with E-state index in [1.165, 1.54) is 0 Å². The summed E-state index contributed by atoms with van der Waals surface area (Å²) in [5.41, 5.74) is 1.90. The Kier molecular flexibility index (Phi) is 5.25. The van der Waals surface area contributed by atoms with Gasteiger partial charge in [-0.25, -0.2) is 0 Å². The number of aliphatic hydroxyl groups is 1. The first-order chi connectivity index (χ1) is 9.15. The largest absolute Gasteiger partial charge is 0.396 e. The molecule has 0 aliphatic heterocycles. The molecule has 5 heteroatoms. The van der Waals surface area contributed by atoms with Crippen molar-refractivity contribution in [1.29, 1.82) is 0 Å². The minimum Gasteiger partial charge on any atom is -0.396 e. The van der Waals surface area contributed by atoms with E-state index in [2.05, 4.69) is 12.0 Å². The summed E-state index contributed by atoms with van der Waals surface area (Å²) in [6.45, 7) is 2.88. The Hall–Kier alpha value is -0.580. The monoisotopic (exact) mass is 286 g/mol. The van der Waals surface area contributed by atoms with Gasteiger partial charge in [0.05, 0.1) is 29.1 Å². The third-order valence-electron chi connectivity index (χ3n) is 4.01. The molecule has 0 bridgehead atoms. The summed E-state index contributed by atoms with van der Waals surface area (Å²) in [7, 11) is 1.91. The summed E-state index contributed by atoms with van der Waals surface area (Å²) in [4.78, 5) is 0. The third-order valence-corrected chi connectivity index (χ3v) is 4.45. The highest BCUT2D eigenvalue weighted by atomic mass is 35.5. The maximum Gasteiger partial charge on any atom is 0.0903 e. The van der Waals surface area contributed by atoms with Crippen LogP contribution in [0, 0.1) is 5.92 Å². The van der Waals surface area contributed by atoms with E-state index in [0.29, 0.717) is 25.2 Å². The highest BCUT2D eigenvalue weighted by Gasteiger charge is 2.22. The zero-order chi connectivity index (χ0) is 13.8. The predicted molar refractivity (Wildman–Crippen MR) is 75.2 cm³/mol. The molecule has 0 saturated heterocycles. The summed E-state index contributed by atoms with van der Waals surface area (Å²) in [5, 5.41) is 14.3. The number of halogens is 1. The molecule has 1 heterocycles. The van der Waals surface area contributed by atoms with Gasteiger partial charge in [-0.2, -0.15) is 5.10 Å². The van der Waals surface area contributed by atoms with E-state index < -0.39 is 0 Å². The van der Waals surface area contributed by atoms with Crippen LogP contribution in [0.4, 0.5) is 0 Å². The Balaban J connectivity index is 1.88. The van der Waals surface area contributed by atoms with E-state index in [9.17, 15) is 0 Å². The number of hydrogen-bond donors (Lipinski definition) is 1. The van der Waals surface area contributed by atoms with Crippen molar-refractivity contribution in [1.82, 2.24) is 9.78 Å². The number of ether oxygens (including phenoxy) is 1. The summed E-state index contributed by atoms with van der Waals surface area (Å²) in [6, 6.07) is 0. The SMILES string of the molecule is CCc1nn(C)c(COC2CCC(CO)CC2)c1Cl. The topological polar surface area (TPSA) is 47.3 Å². The van der Waals surface area contributed by atoms with E-state index in [4.69, 9.17) is 21.4 Å². The molecule has 1 N–H and O–H groups in total. The fraction of sp³-hybridized carbons (Fsp3) is 0.786. The molecule has 0 aromatic carbocycles. The van der Waals surface area contributed by atoms with Crippen molar-refractivity contribution in [2.45, 2.75) is 51.7 Å².